The largest absolute Gasteiger partial charge is 0.370 e. The van der Waals surface area contributed by atoms with E-state index in [1.54, 1.807) is 17.0 Å². The second-order valence-electron chi connectivity index (χ2n) is 6.35. The molecule has 7 nitrogen and oxygen atoms in total. The number of fused-ring (bicyclic) bond motifs is 1. The third kappa shape index (κ3) is 4.06. The SMILES string of the molecule is CCCS(=N)(=O)c1nc(NCC)c2c(n1)N(Cc1ccc(Cl)cc1)C(=O)C2. The second kappa shape index (κ2) is 7.82. The number of halogens is 1. The number of aromatic nitrogens is 2. The number of amides is 1. The van der Waals surface area contributed by atoms with Crippen LogP contribution in [-0.2, 0) is 27.5 Å². The second-order valence-corrected chi connectivity index (χ2v) is 8.91. The van der Waals surface area contributed by atoms with Crippen molar-refractivity contribution in [2.45, 2.75) is 38.4 Å². The summed E-state index contributed by atoms with van der Waals surface area (Å²) in [7, 11) is -3.11. The van der Waals surface area contributed by atoms with Crippen molar-refractivity contribution in [3.8, 4) is 0 Å². The molecular weight excluding hydrogens is 386 g/mol. The fourth-order valence-electron chi connectivity index (χ4n) is 2.98. The lowest BCUT2D eigenvalue weighted by Crippen LogP contribution is -2.27. The molecule has 1 aliphatic rings. The van der Waals surface area contributed by atoms with Crippen molar-refractivity contribution in [3.63, 3.8) is 0 Å². The third-order valence-electron chi connectivity index (χ3n) is 4.23. The van der Waals surface area contributed by atoms with Gasteiger partial charge in [0.15, 0.2) is 0 Å². The first-order valence-corrected chi connectivity index (χ1v) is 10.9. The Kier molecular flexibility index (Phi) is 5.67. The van der Waals surface area contributed by atoms with Crippen LogP contribution in [0.5, 0.6) is 0 Å². The van der Waals surface area contributed by atoms with Gasteiger partial charge in [0.25, 0.3) is 0 Å². The summed E-state index contributed by atoms with van der Waals surface area (Å²) < 4.78 is 20.9. The van der Waals surface area contributed by atoms with Gasteiger partial charge in [-0.2, -0.15) is 0 Å². The Morgan fingerprint density at radius 3 is 2.59 bits per heavy atom. The average Bonchev–Trinajstić information content (AvgIpc) is 2.93. The van der Waals surface area contributed by atoms with Crippen molar-refractivity contribution < 1.29 is 9.00 Å². The maximum atomic E-state index is 12.7. The van der Waals surface area contributed by atoms with Gasteiger partial charge >= 0.3 is 0 Å². The molecule has 1 aliphatic heterocycles. The van der Waals surface area contributed by atoms with E-state index in [9.17, 15) is 9.00 Å². The van der Waals surface area contributed by atoms with Gasteiger partial charge in [0, 0.05) is 22.9 Å². The van der Waals surface area contributed by atoms with Crippen molar-refractivity contribution in [1.29, 1.82) is 4.78 Å². The van der Waals surface area contributed by atoms with Crippen LogP contribution in [0.4, 0.5) is 11.6 Å². The zero-order chi connectivity index (χ0) is 19.6. The maximum Gasteiger partial charge on any atom is 0.233 e. The molecular formula is C18H22ClN5O2S. The van der Waals surface area contributed by atoms with Crippen LogP contribution in [0.25, 0.3) is 0 Å². The monoisotopic (exact) mass is 407 g/mol. The Morgan fingerprint density at radius 2 is 1.96 bits per heavy atom. The van der Waals surface area contributed by atoms with E-state index in [1.165, 1.54) is 0 Å². The van der Waals surface area contributed by atoms with Crippen LogP contribution in [-0.4, -0.2) is 32.4 Å². The van der Waals surface area contributed by atoms with Gasteiger partial charge in [-0.15, -0.1) is 0 Å². The van der Waals surface area contributed by atoms with Gasteiger partial charge < -0.3 is 5.32 Å². The van der Waals surface area contributed by atoms with E-state index < -0.39 is 9.73 Å². The van der Waals surface area contributed by atoms with Gasteiger partial charge in [-0.05, 0) is 31.0 Å². The van der Waals surface area contributed by atoms with Gasteiger partial charge in [0.1, 0.15) is 21.4 Å². The highest BCUT2D eigenvalue weighted by Crippen LogP contribution is 2.34. The minimum Gasteiger partial charge on any atom is -0.370 e. The van der Waals surface area contributed by atoms with Crippen LogP contribution in [0, 0.1) is 4.78 Å². The Morgan fingerprint density at radius 1 is 1.26 bits per heavy atom. The average molecular weight is 408 g/mol. The predicted molar refractivity (Wildman–Crippen MR) is 107 cm³/mol. The van der Waals surface area contributed by atoms with Crippen LogP contribution in [0.2, 0.25) is 5.02 Å². The van der Waals surface area contributed by atoms with Crippen LogP contribution < -0.4 is 10.2 Å². The minimum absolute atomic E-state index is 0.0187. The van der Waals surface area contributed by atoms with Crippen LogP contribution >= 0.6 is 11.6 Å². The standard InChI is InChI=1S/C18H22ClN5O2S/c1-3-9-27(20,26)18-22-16(21-4-2)14-10-15(25)24(17(14)23-18)11-12-5-7-13(19)8-6-12/h5-8,20H,3-4,9-11H2,1-2H3,(H,21,22,23). The molecule has 0 radical (unpaired) electrons. The summed E-state index contributed by atoms with van der Waals surface area (Å²) >= 11 is 5.93. The number of nitrogens with one attached hydrogen (secondary N) is 2. The molecule has 2 N–H and O–H groups in total. The van der Waals surface area contributed by atoms with Crippen molar-refractivity contribution in [1.82, 2.24) is 9.97 Å². The van der Waals surface area contributed by atoms with Crippen LogP contribution in [0.1, 0.15) is 31.4 Å². The summed E-state index contributed by atoms with van der Waals surface area (Å²) in [5.74, 6) is 1.01. The molecule has 9 heteroatoms. The fraction of sp³-hybridized carbons (Fsp3) is 0.389. The molecule has 3 rings (SSSR count). The van der Waals surface area contributed by atoms with Crippen LogP contribution in [0.15, 0.2) is 29.4 Å². The Bertz CT molecular complexity index is 960. The van der Waals surface area contributed by atoms with E-state index in [-0.39, 0.29) is 23.2 Å². The van der Waals surface area contributed by atoms with Crippen molar-refractivity contribution >= 4 is 38.9 Å². The number of nitrogens with zero attached hydrogens (tertiary/aromatic N) is 3. The number of hydrogen-bond acceptors (Lipinski definition) is 6. The lowest BCUT2D eigenvalue weighted by Gasteiger charge is -2.18. The molecule has 1 atom stereocenters. The predicted octanol–water partition coefficient (Wildman–Crippen LogP) is 3.47. The Hall–Kier alpha value is -2.19. The molecule has 1 aromatic heterocycles. The summed E-state index contributed by atoms with van der Waals surface area (Å²) in [6.45, 7) is 4.71. The highest BCUT2D eigenvalue weighted by Gasteiger charge is 2.33. The highest BCUT2D eigenvalue weighted by molar-refractivity contribution is 7.92. The summed E-state index contributed by atoms with van der Waals surface area (Å²) in [5.41, 5.74) is 1.59. The third-order valence-corrected chi connectivity index (χ3v) is 6.24. The molecule has 1 unspecified atom stereocenters. The van der Waals surface area contributed by atoms with E-state index in [0.29, 0.717) is 41.7 Å². The smallest absolute Gasteiger partial charge is 0.233 e. The first kappa shape index (κ1) is 19.6. The summed E-state index contributed by atoms with van der Waals surface area (Å²) in [6, 6.07) is 7.24. The van der Waals surface area contributed by atoms with Gasteiger partial charge in [0.2, 0.25) is 11.1 Å². The summed E-state index contributed by atoms with van der Waals surface area (Å²) in [5, 5.41) is 3.72. The molecule has 0 fully saturated rings. The van der Waals surface area contributed by atoms with Gasteiger partial charge in [-0.1, -0.05) is 30.7 Å². The molecule has 0 bridgehead atoms. The number of carbonyl (C=O) groups excluding carboxylic acids is 1. The number of rotatable bonds is 7. The van der Waals surface area contributed by atoms with Gasteiger partial charge in [-0.3, -0.25) is 9.69 Å². The maximum absolute atomic E-state index is 12.7. The number of anilines is 2. The molecule has 2 heterocycles. The number of carbonyl (C=O) groups is 1. The van der Waals surface area contributed by atoms with Crippen molar-refractivity contribution in [3.05, 3.63) is 40.4 Å². The van der Waals surface area contributed by atoms with Crippen molar-refractivity contribution in [2.75, 3.05) is 22.5 Å². The fourth-order valence-corrected chi connectivity index (χ4v) is 4.33. The number of benzene rings is 1. The highest BCUT2D eigenvalue weighted by atomic mass is 35.5. The van der Waals surface area contributed by atoms with Crippen molar-refractivity contribution in [2.24, 2.45) is 0 Å². The quantitative estimate of drug-likeness (QED) is 0.684. The van der Waals surface area contributed by atoms with E-state index in [4.69, 9.17) is 16.4 Å². The molecule has 1 aromatic carbocycles. The Balaban J connectivity index is 2.05. The number of hydrogen-bond donors (Lipinski definition) is 2. The van der Waals surface area contributed by atoms with E-state index in [2.05, 4.69) is 15.3 Å². The molecule has 0 aliphatic carbocycles. The first-order chi connectivity index (χ1) is 12.9. The van der Waals surface area contributed by atoms with Gasteiger partial charge in [0.05, 0.1) is 13.0 Å². The van der Waals surface area contributed by atoms with Crippen LogP contribution in [0.3, 0.4) is 0 Å². The molecule has 2 aromatic rings. The van der Waals surface area contributed by atoms with Gasteiger partial charge in [-0.25, -0.2) is 19.0 Å². The molecule has 144 valence electrons. The van der Waals surface area contributed by atoms with E-state index >= 15 is 0 Å². The van der Waals surface area contributed by atoms with E-state index in [1.807, 2.05) is 26.0 Å². The molecule has 0 spiro atoms. The topological polar surface area (TPSA) is 99.0 Å². The summed E-state index contributed by atoms with van der Waals surface area (Å²) in [6.07, 6.45) is 0.769. The zero-order valence-electron chi connectivity index (χ0n) is 15.3. The normalized spacial score (nSPS) is 15.5. The lowest BCUT2D eigenvalue weighted by atomic mass is 10.2. The molecule has 0 saturated carbocycles. The molecule has 1 amide bonds. The Labute approximate surface area is 164 Å². The van der Waals surface area contributed by atoms with E-state index in [0.717, 1.165) is 5.56 Å². The lowest BCUT2D eigenvalue weighted by molar-refractivity contribution is -0.117. The molecule has 27 heavy (non-hydrogen) atoms. The zero-order valence-corrected chi connectivity index (χ0v) is 16.9. The summed E-state index contributed by atoms with van der Waals surface area (Å²) in [4.78, 5) is 22.9. The minimum atomic E-state index is -3.11. The first-order valence-electron chi connectivity index (χ1n) is 8.81. The molecule has 0 saturated heterocycles.